The molecule has 1 saturated carbocycles. The van der Waals surface area contributed by atoms with Gasteiger partial charge < -0.3 is 14.4 Å². The molecule has 0 radical (unpaired) electrons. The van der Waals surface area contributed by atoms with Crippen molar-refractivity contribution in [3.8, 4) is 0 Å². The van der Waals surface area contributed by atoms with Crippen LogP contribution in [0.1, 0.15) is 47.1 Å². The maximum absolute atomic E-state index is 12.6. The van der Waals surface area contributed by atoms with Crippen molar-refractivity contribution >= 4 is 22.4 Å². The predicted octanol–water partition coefficient (Wildman–Crippen LogP) is 1.89. The first-order valence-electron chi connectivity index (χ1n) is 8.45. The summed E-state index contributed by atoms with van der Waals surface area (Å²) in [6, 6.07) is 0.263. The van der Waals surface area contributed by atoms with E-state index in [-0.39, 0.29) is 11.9 Å². The molecule has 1 saturated heterocycles. The molecule has 1 aliphatic carbocycles. The number of carbonyl (C=O) groups excluding carboxylic acids is 1. The molecule has 8 heteroatoms. The fourth-order valence-corrected chi connectivity index (χ4v) is 4.27. The Hall–Kier alpha value is -1.96. The first kappa shape index (κ1) is 15.6. The molecule has 0 bridgehead atoms. The number of anilines is 1. The first-order valence-corrected chi connectivity index (χ1v) is 9.27. The summed E-state index contributed by atoms with van der Waals surface area (Å²) in [6.45, 7) is 1.85. The Bertz CT molecular complexity index is 729. The number of nitrogens with zero attached hydrogens (tertiary/aromatic N) is 6. The molecule has 2 aromatic heterocycles. The van der Waals surface area contributed by atoms with Gasteiger partial charge in [0.1, 0.15) is 10.7 Å². The summed E-state index contributed by atoms with van der Waals surface area (Å²) in [4.78, 5) is 20.8. The highest BCUT2D eigenvalue weighted by atomic mass is 32.1. The van der Waals surface area contributed by atoms with Gasteiger partial charge in [0.2, 0.25) is 5.13 Å². The topological polar surface area (TPSA) is 67.2 Å². The zero-order valence-corrected chi connectivity index (χ0v) is 14.9. The molecule has 24 heavy (non-hydrogen) atoms. The van der Waals surface area contributed by atoms with Crippen LogP contribution in [0.25, 0.3) is 0 Å². The number of hydrogen-bond acceptors (Lipinski definition) is 6. The number of aromatic nitrogens is 4. The number of amides is 1. The quantitative estimate of drug-likeness (QED) is 0.846. The SMILES string of the molecule is CN(C(=O)c1cncn1C)C1CCN(c2nnc(C3CC3)s2)CC1. The van der Waals surface area contributed by atoms with Crippen molar-refractivity contribution in [2.24, 2.45) is 7.05 Å². The van der Waals surface area contributed by atoms with E-state index in [0.29, 0.717) is 11.6 Å². The summed E-state index contributed by atoms with van der Waals surface area (Å²) in [5, 5.41) is 10.9. The summed E-state index contributed by atoms with van der Waals surface area (Å²) >= 11 is 1.74. The van der Waals surface area contributed by atoms with Crippen molar-refractivity contribution in [2.45, 2.75) is 37.6 Å². The molecular formula is C16H22N6OS. The van der Waals surface area contributed by atoms with Crippen LogP contribution in [0.3, 0.4) is 0 Å². The van der Waals surface area contributed by atoms with E-state index in [4.69, 9.17) is 0 Å². The molecule has 2 aromatic rings. The van der Waals surface area contributed by atoms with Gasteiger partial charge in [-0.05, 0) is 25.7 Å². The largest absolute Gasteiger partial charge is 0.347 e. The lowest BCUT2D eigenvalue weighted by atomic mass is 10.0. The van der Waals surface area contributed by atoms with Crippen LogP contribution >= 0.6 is 11.3 Å². The smallest absolute Gasteiger partial charge is 0.272 e. The van der Waals surface area contributed by atoms with Gasteiger partial charge in [-0.2, -0.15) is 0 Å². The second kappa shape index (κ2) is 6.16. The third kappa shape index (κ3) is 2.90. The summed E-state index contributed by atoms with van der Waals surface area (Å²) in [6.07, 6.45) is 7.73. The molecule has 0 aromatic carbocycles. The second-order valence-electron chi connectivity index (χ2n) is 6.72. The summed E-state index contributed by atoms with van der Waals surface area (Å²) in [7, 11) is 3.75. The highest BCUT2D eigenvalue weighted by Crippen LogP contribution is 2.42. The Kier molecular flexibility index (Phi) is 3.99. The van der Waals surface area contributed by atoms with Gasteiger partial charge in [-0.3, -0.25) is 4.79 Å². The van der Waals surface area contributed by atoms with Crippen LogP contribution in [0.15, 0.2) is 12.5 Å². The Labute approximate surface area is 145 Å². The van der Waals surface area contributed by atoms with E-state index in [9.17, 15) is 4.79 Å². The molecule has 2 fully saturated rings. The molecule has 0 atom stereocenters. The van der Waals surface area contributed by atoms with Gasteiger partial charge in [0, 0.05) is 39.1 Å². The lowest BCUT2D eigenvalue weighted by Crippen LogP contribution is -2.46. The molecule has 0 N–H and O–H groups in total. The van der Waals surface area contributed by atoms with Crippen molar-refractivity contribution < 1.29 is 4.79 Å². The van der Waals surface area contributed by atoms with E-state index in [1.54, 1.807) is 28.4 Å². The van der Waals surface area contributed by atoms with Gasteiger partial charge in [0.15, 0.2) is 0 Å². The number of hydrogen-bond donors (Lipinski definition) is 0. The fourth-order valence-electron chi connectivity index (χ4n) is 3.20. The van der Waals surface area contributed by atoms with Gasteiger partial charge in [-0.1, -0.05) is 11.3 Å². The molecule has 0 spiro atoms. The van der Waals surface area contributed by atoms with Gasteiger partial charge in [0.05, 0.1) is 12.5 Å². The zero-order valence-electron chi connectivity index (χ0n) is 14.1. The lowest BCUT2D eigenvalue weighted by Gasteiger charge is -2.36. The normalized spacial score (nSPS) is 18.8. The summed E-state index contributed by atoms with van der Waals surface area (Å²) < 4.78 is 1.77. The lowest BCUT2D eigenvalue weighted by molar-refractivity contribution is 0.0699. The van der Waals surface area contributed by atoms with E-state index in [1.807, 2.05) is 19.0 Å². The maximum atomic E-state index is 12.6. The molecule has 4 rings (SSSR count). The number of piperidine rings is 1. The van der Waals surface area contributed by atoms with Gasteiger partial charge in [-0.15, -0.1) is 10.2 Å². The molecule has 1 amide bonds. The van der Waals surface area contributed by atoms with Crippen molar-refractivity contribution in [1.29, 1.82) is 0 Å². The average molecular weight is 346 g/mol. The van der Waals surface area contributed by atoms with Crippen LogP contribution in [0.5, 0.6) is 0 Å². The Morgan fingerprint density at radius 2 is 2.00 bits per heavy atom. The average Bonchev–Trinajstić information content (AvgIpc) is 3.18. The molecule has 128 valence electrons. The molecule has 2 aliphatic rings. The van der Waals surface area contributed by atoms with Crippen LogP contribution in [0.2, 0.25) is 0 Å². The third-order valence-electron chi connectivity index (χ3n) is 5.00. The first-order chi connectivity index (χ1) is 11.6. The predicted molar refractivity (Wildman–Crippen MR) is 92.4 cm³/mol. The number of aryl methyl sites for hydroxylation is 1. The van der Waals surface area contributed by atoms with Crippen LogP contribution in [-0.4, -0.2) is 56.7 Å². The zero-order chi connectivity index (χ0) is 16.7. The summed E-state index contributed by atoms with van der Waals surface area (Å²) in [5.41, 5.74) is 0.637. The minimum atomic E-state index is 0.0420. The Morgan fingerprint density at radius 1 is 1.25 bits per heavy atom. The Morgan fingerprint density at radius 3 is 2.62 bits per heavy atom. The summed E-state index contributed by atoms with van der Waals surface area (Å²) in [5.74, 6) is 0.705. The van der Waals surface area contributed by atoms with Crippen molar-refractivity contribution in [1.82, 2.24) is 24.6 Å². The minimum absolute atomic E-state index is 0.0420. The van der Waals surface area contributed by atoms with Crippen LogP contribution < -0.4 is 4.90 Å². The van der Waals surface area contributed by atoms with Gasteiger partial charge in [-0.25, -0.2) is 4.98 Å². The van der Waals surface area contributed by atoms with Crippen molar-refractivity contribution in [3.05, 3.63) is 23.2 Å². The Balaban J connectivity index is 1.36. The fraction of sp³-hybridized carbons (Fsp3) is 0.625. The molecule has 3 heterocycles. The van der Waals surface area contributed by atoms with Crippen LogP contribution in [0.4, 0.5) is 5.13 Å². The highest BCUT2D eigenvalue weighted by molar-refractivity contribution is 7.15. The van der Waals surface area contributed by atoms with E-state index < -0.39 is 0 Å². The second-order valence-corrected chi connectivity index (χ2v) is 7.71. The molecule has 0 unspecified atom stereocenters. The minimum Gasteiger partial charge on any atom is -0.347 e. The van der Waals surface area contributed by atoms with Crippen molar-refractivity contribution in [2.75, 3.05) is 25.0 Å². The monoisotopic (exact) mass is 346 g/mol. The van der Waals surface area contributed by atoms with Gasteiger partial charge in [0.25, 0.3) is 5.91 Å². The number of carbonyl (C=O) groups is 1. The molecule has 1 aliphatic heterocycles. The van der Waals surface area contributed by atoms with E-state index in [1.165, 1.54) is 17.8 Å². The van der Waals surface area contributed by atoms with Crippen LogP contribution in [0, 0.1) is 0 Å². The highest BCUT2D eigenvalue weighted by Gasteiger charge is 2.31. The standard InChI is InChI=1S/C16H22N6OS/c1-20-10-17-9-13(20)15(23)21(2)12-5-7-22(8-6-12)16-19-18-14(24-16)11-3-4-11/h9-12H,3-8H2,1-2H3. The third-order valence-corrected chi connectivity index (χ3v) is 6.14. The van der Waals surface area contributed by atoms with Crippen LogP contribution in [-0.2, 0) is 7.05 Å². The van der Waals surface area contributed by atoms with E-state index in [0.717, 1.165) is 31.1 Å². The van der Waals surface area contributed by atoms with E-state index in [2.05, 4.69) is 20.1 Å². The molecule has 7 nitrogen and oxygen atoms in total. The number of rotatable bonds is 4. The van der Waals surface area contributed by atoms with Gasteiger partial charge >= 0.3 is 0 Å². The maximum Gasteiger partial charge on any atom is 0.272 e. The van der Waals surface area contributed by atoms with Crippen molar-refractivity contribution in [3.63, 3.8) is 0 Å². The molecular weight excluding hydrogens is 324 g/mol. The number of imidazole rings is 1. The van der Waals surface area contributed by atoms with E-state index >= 15 is 0 Å².